The molecule has 3 nitrogen and oxygen atoms in total. The second kappa shape index (κ2) is 7.57. The number of rotatable bonds is 5. The molecule has 2 N–H and O–H groups in total. The van der Waals surface area contributed by atoms with Gasteiger partial charge in [0.25, 0.3) is 5.91 Å². The van der Waals surface area contributed by atoms with Gasteiger partial charge in [-0.2, -0.15) is 0 Å². The lowest BCUT2D eigenvalue weighted by molar-refractivity contribution is -0.907. The van der Waals surface area contributed by atoms with Crippen molar-refractivity contribution in [3.05, 3.63) is 64.4 Å². The number of carbonyl (C=O) groups is 1. The number of nitrogens with one attached hydrogen (secondary N) is 2. The van der Waals surface area contributed by atoms with Crippen LogP contribution in [-0.4, -0.2) is 19.0 Å². The number of quaternary nitrogens is 1. The van der Waals surface area contributed by atoms with Gasteiger partial charge in [0, 0.05) is 5.56 Å². The molecular formula is C18H21ClFN2O+. The normalized spacial score (nSPS) is 13.4. The van der Waals surface area contributed by atoms with Gasteiger partial charge in [-0.25, -0.2) is 4.39 Å². The summed E-state index contributed by atoms with van der Waals surface area (Å²) in [5, 5.41) is 2.96. The molecule has 0 fully saturated rings. The predicted molar refractivity (Wildman–Crippen MR) is 91.3 cm³/mol. The third-order valence-electron chi connectivity index (χ3n) is 4.05. The van der Waals surface area contributed by atoms with Gasteiger partial charge in [-0.05, 0) is 37.6 Å². The molecule has 2 aromatic carbocycles. The summed E-state index contributed by atoms with van der Waals surface area (Å²) in [6, 6.07) is 11.8. The second-order valence-corrected chi connectivity index (χ2v) is 6.19. The van der Waals surface area contributed by atoms with E-state index in [1.165, 1.54) is 29.3 Å². The van der Waals surface area contributed by atoms with Crippen LogP contribution in [0.25, 0.3) is 0 Å². The van der Waals surface area contributed by atoms with Gasteiger partial charge in [0.05, 0.1) is 17.8 Å². The number of carbonyl (C=O) groups excluding carboxylic acids is 1. The Morgan fingerprint density at radius 2 is 2.00 bits per heavy atom. The average molecular weight is 336 g/mol. The summed E-state index contributed by atoms with van der Waals surface area (Å²) in [7, 11) is 1.98. The van der Waals surface area contributed by atoms with Crippen LogP contribution in [0.4, 0.5) is 10.1 Å². The van der Waals surface area contributed by atoms with E-state index in [1.54, 1.807) is 0 Å². The van der Waals surface area contributed by atoms with Crippen molar-refractivity contribution in [3.8, 4) is 0 Å². The first-order valence-electron chi connectivity index (χ1n) is 7.51. The maximum absolute atomic E-state index is 13.1. The molecule has 2 rings (SSSR count). The third-order valence-corrected chi connectivity index (χ3v) is 4.36. The molecule has 122 valence electrons. The van der Waals surface area contributed by atoms with E-state index in [0.29, 0.717) is 5.69 Å². The molecule has 0 spiro atoms. The Kier molecular flexibility index (Phi) is 5.74. The predicted octanol–water partition coefficient (Wildman–Crippen LogP) is 2.83. The lowest BCUT2D eigenvalue weighted by atomic mass is 10.1. The van der Waals surface area contributed by atoms with Crippen molar-refractivity contribution in [2.45, 2.75) is 26.4 Å². The van der Waals surface area contributed by atoms with Gasteiger partial charge in [0.15, 0.2) is 6.04 Å². The Morgan fingerprint density at radius 3 is 2.65 bits per heavy atom. The van der Waals surface area contributed by atoms with Gasteiger partial charge in [-0.3, -0.25) is 4.79 Å². The molecule has 0 aliphatic rings. The van der Waals surface area contributed by atoms with E-state index in [0.717, 1.165) is 11.4 Å². The Balaban J connectivity index is 2.02. The smallest absolute Gasteiger partial charge is 0.282 e. The standard InChI is InChI=1S/C18H20ClFN2O/c1-12-6-4-5-7-14(12)11-22(3)13(2)18(23)21-17-9-8-15(20)10-16(17)19/h4-10,13H,11H2,1-3H3,(H,21,23)/p+1/t13-/m1/s1. The van der Waals surface area contributed by atoms with Crippen LogP contribution >= 0.6 is 11.6 Å². The van der Waals surface area contributed by atoms with Crippen molar-refractivity contribution in [1.29, 1.82) is 0 Å². The van der Waals surface area contributed by atoms with Gasteiger partial charge in [0.1, 0.15) is 12.4 Å². The van der Waals surface area contributed by atoms with Crippen LogP contribution in [-0.2, 0) is 11.3 Å². The molecule has 2 aromatic rings. The molecule has 0 bridgehead atoms. The summed E-state index contributed by atoms with van der Waals surface area (Å²) in [5.41, 5.74) is 2.85. The van der Waals surface area contributed by atoms with Crippen molar-refractivity contribution in [1.82, 2.24) is 0 Å². The van der Waals surface area contributed by atoms with Gasteiger partial charge in [-0.15, -0.1) is 0 Å². The molecule has 23 heavy (non-hydrogen) atoms. The molecule has 2 atom stereocenters. The summed E-state index contributed by atoms with van der Waals surface area (Å²) in [5.74, 6) is -0.576. The fourth-order valence-corrected chi connectivity index (χ4v) is 2.53. The van der Waals surface area contributed by atoms with Crippen LogP contribution in [0.15, 0.2) is 42.5 Å². The molecule has 0 aromatic heterocycles. The number of aryl methyl sites for hydroxylation is 1. The molecule has 0 saturated heterocycles. The van der Waals surface area contributed by atoms with Crippen molar-refractivity contribution < 1.29 is 14.1 Å². The number of amides is 1. The number of halogens is 2. The first-order valence-corrected chi connectivity index (χ1v) is 7.89. The molecule has 5 heteroatoms. The van der Waals surface area contributed by atoms with Crippen molar-refractivity contribution >= 4 is 23.2 Å². The minimum Gasteiger partial charge on any atom is -0.324 e. The number of hydrogen-bond acceptors (Lipinski definition) is 1. The zero-order valence-electron chi connectivity index (χ0n) is 13.5. The molecule has 0 radical (unpaired) electrons. The van der Waals surface area contributed by atoms with E-state index in [-0.39, 0.29) is 17.0 Å². The Hall–Kier alpha value is -1.91. The third kappa shape index (κ3) is 4.53. The largest absolute Gasteiger partial charge is 0.324 e. The topological polar surface area (TPSA) is 33.5 Å². The summed E-state index contributed by atoms with van der Waals surface area (Å²) in [6.07, 6.45) is 0. The van der Waals surface area contributed by atoms with Crippen LogP contribution in [0.2, 0.25) is 5.02 Å². The quantitative estimate of drug-likeness (QED) is 0.865. The second-order valence-electron chi connectivity index (χ2n) is 5.78. The van der Waals surface area contributed by atoms with Crippen LogP contribution in [0.3, 0.4) is 0 Å². The molecular weight excluding hydrogens is 315 g/mol. The van der Waals surface area contributed by atoms with Gasteiger partial charge in [0.2, 0.25) is 0 Å². The molecule has 1 amide bonds. The monoisotopic (exact) mass is 335 g/mol. The highest BCUT2D eigenvalue weighted by Crippen LogP contribution is 2.22. The van der Waals surface area contributed by atoms with Gasteiger partial charge < -0.3 is 10.2 Å². The first kappa shape index (κ1) is 17.4. The van der Waals surface area contributed by atoms with E-state index in [4.69, 9.17) is 11.6 Å². The average Bonchev–Trinajstić information content (AvgIpc) is 2.51. The van der Waals surface area contributed by atoms with Crippen LogP contribution in [0.1, 0.15) is 18.1 Å². The highest BCUT2D eigenvalue weighted by Gasteiger charge is 2.23. The zero-order chi connectivity index (χ0) is 17.0. The highest BCUT2D eigenvalue weighted by molar-refractivity contribution is 6.33. The van der Waals surface area contributed by atoms with Crippen molar-refractivity contribution in [3.63, 3.8) is 0 Å². The molecule has 0 saturated carbocycles. The minimum absolute atomic E-state index is 0.149. The van der Waals surface area contributed by atoms with Crippen LogP contribution in [0.5, 0.6) is 0 Å². The van der Waals surface area contributed by atoms with E-state index < -0.39 is 5.82 Å². The van der Waals surface area contributed by atoms with E-state index >= 15 is 0 Å². The van der Waals surface area contributed by atoms with Crippen molar-refractivity contribution in [2.75, 3.05) is 12.4 Å². The van der Waals surface area contributed by atoms with E-state index in [9.17, 15) is 9.18 Å². The Morgan fingerprint density at radius 1 is 1.30 bits per heavy atom. The number of benzene rings is 2. The molecule has 0 heterocycles. The highest BCUT2D eigenvalue weighted by atomic mass is 35.5. The fraction of sp³-hybridized carbons (Fsp3) is 0.278. The molecule has 0 aliphatic carbocycles. The maximum atomic E-state index is 13.1. The van der Waals surface area contributed by atoms with Crippen LogP contribution < -0.4 is 10.2 Å². The summed E-state index contributed by atoms with van der Waals surface area (Å²) >= 11 is 5.95. The van der Waals surface area contributed by atoms with Gasteiger partial charge in [-0.1, -0.05) is 35.9 Å². The number of anilines is 1. The number of hydrogen-bond donors (Lipinski definition) is 2. The van der Waals surface area contributed by atoms with Crippen molar-refractivity contribution in [2.24, 2.45) is 0 Å². The summed E-state index contributed by atoms with van der Waals surface area (Å²) in [4.78, 5) is 13.4. The number of likely N-dealkylation sites (N-methyl/N-ethyl adjacent to an activating group) is 1. The Bertz CT molecular complexity index is 705. The maximum Gasteiger partial charge on any atom is 0.282 e. The minimum atomic E-state index is -0.427. The van der Waals surface area contributed by atoms with Crippen LogP contribution in [0, 0.1) is 12.7 Å². The fourth-order valence-electron chi connectivity index (χ4n) is 2.32. The lowest BCUT2D eigenvalue weighted by Gasteiger charge is -2.22. The zero-order valence-corrected chi connectivity index (χ0v) is 14.2. The SMILES string of the molecule is Cc1ccccc1C[NH+](C)[C@H](C)C(=O)Nc1ccc(F)cc1Cl. The van der Waals surface area contributed by atoms with E-state index in [1.807, 2.05) is 26.1 Å². The van der Waals surface area contributed by atoms with Gasteiger partial charge >= 0.3 is 0 Å². The molecule has 0 aliphatic heterocycles. The van der Waals surface area contributed by atoms with E-state index in [2.05, 4.69) is 24.4 Å². The summed E-state index contributed by atoms with van der Waals surface area (Å²) in [6.45, 7) is 4.67. The Labute approximate surface area is 141 Å². The summed E-state index contributed by atoms with van der Waals surface area (Å²) < 4.78 is 13.1. The molecule has 1 unspecified atom stereocenters. The lowest BCUT2D eigenvalue weighted by Crippen LogP contribution is -3.12. The first-order chi connectivity index (χ1) is 10.9.